The van der Waals surface area contributed by atoms with Crippen molar-refractivity contribution < 1.29 is 23.5 Å². The largest absolute Gasteiger partial charge is 0.493 e. The van der Waals surface area contributed by atoms with Crippen LogP contribution in [-0.2, 0) is 16.0 Å². The monoisotopic (exact) mass is 580 g/mol. The second-order valence-electron chi connectivity index (χ2n) is 10.4. The predicted octanol–water partition coefficient (Wildman–Crippen LogP) is 3.21. The molecule has 2 amide bonds. The maximum absolute atomic E-state index is 14.4. The Morgan fingerprint density at radius 3 is 2.55 bits per heavy atom. The quantitative estimate of drug-likeness (QED) is 0.196. The van der Waals surface area contributed by atoms with Crippen molar-refractivity contribution in [1.82, 2.24) is 31.3 Å². The molecule has 4 rings (SSSR count). The van der Waals surface area contributed by atoms with E-state index in [1.54, 1.807) is 37.3 Å². The molecule has 0 bridgehead atoms. The Kier molecular flexibility index (Phi) is 10.4. The van der Waals surface area contributed by atoms with Gasteiger partial charge in [0.25, 0.3) is 5.91 Å². The molecule has 5 N–H and O–H groups in total. The number of aromatic amines is 1. The summed E-state index contributed by atoms with van der Waals surface area (Å²) in [6.07, 6.45) is 5.96. The van der Waals surface area contributed by atoms with Gasteiger partial charge in [0.2, 0.25) is 5.91 Å². The van der Waals surface area contributed by atoms with Gasteiger partial charge in [-0.2, -0.15) is 4.99 Å². The Labute approximate surface area is 243 Å². The second kappa shape index (κ2) is 14.4. The number of halogens is 1. The highest BCUT2D eigenvalue weighted by Crippen LogP contribution is 2.29. The lowest BCUT2D eigenvalue weighted by molar-refractivity contribution is -0.124. The summed E-state index contributed by atoms with van der Waals surface area (Å²) in [5.41, 5.74) is 7.68. The summed E-state index contributed by atoms with van der Waals surface area (Å²) in [5, 5.41) is 19.3. The smallest absolute Gasteiger partial charge is 0.253 e. The summed E-state index contributed by atoms with van der Waals surface area (Å²) in [7, 11) is 3.05. The summed E-state index contributed by atoms with van der Waals surface area (Å²) in [4.78, 5) is 30.2. The van der Waals surface area contributed by atoms with Crippen molar-refractivity contribution in [3.63, 3.8) is 0 Å². The van der Waals surface area contributed by atoms with E-state index >= 15 is 0 Å². The number of nitrogens with one attached hydrogen (secondary N) is 3. The normalized spacial score (nSPS) is 15.5. The van der Waals surface area contributed by atoms with Crippen LogP contribution in [0.5, 0.6) is 11.5 Å². The fourth-order valence-corrected chi connectivity index (χ4v) is 5.20. The number of carbonyl (C=O) groups excluding carboxylic acids is 2. The van der Waals surface area contributed by atoms with E-state index in [1.807, 2.05) is 0 Å². The number of guanidine groups is 1. The SMILES string of the molecule is COc1ccc(CC(=O)N=C(N)N[C@H](CC2CCCCC2)C(=O)N[C@@H](C)c2ccc(F)c(-c3nnn[nH]3)c2)cc1OC. The highest BCUT2D eigenvalue weighted by molar-refractivity contribution is 5.95. The zero-order valence-electron chi connectivity index (χ0n) is 24.0. The standard InChI is InChI=1S/C29H37FN8O4/c1-17(20-10-11-22(30)21(16-20)27-35-37-38-36-27)32-28(40)23(13-18-7-5-4-6-8-18)33-29(31)34-26(39)15-19-9-12-24(41-2)25(14-19)42-3/h9-12,14,16-18,23H,4-8,13,15H2,1-3H3,(H,32,40)(H3,31,33,34,39)(H,35,36,37,38)/t17-,23+/m0/s1. The minimum atomic E-state index is -0.716. The number of tetrazole rings is 1. The Morgan fingerprint density at radius 2 is 1.86 bits per heavy atom. The number of benzene rings is 2. The molecule has 2 atom stereocenters. The summed E-state index contributed by atoms with van der Waals surface area (Å²) in [5.74, 6) is 0.178. The van der Waals surface area contributed by atoms with Crippen LogP contribution in [0.4, 0.5) is 4.39 Å². The maximum atomic E-state index is 14.4. The van der Waals surface area contributed by atoms with Gasteiger partial charge >= 0.3 is 0 Å². The molecule has 1 aliphatic carbocycles. The van der Waals surface area contributed by atoms with Gasteiger partial charge in [-0.3, -0.25) is 9.59 Å². The molecule has 0 aliphatic heterocycles. The van der Waals surface area contributed by atoms with Crippen LogP contribution in [0.1, 0.15) is 62.6 Å². The molecule has 2 aromatic carbocycles. The molecule has 1 aromatic heterocycles. The van der Waals surface area contributed by atoms with Crippen LogP contribution in [0.2, 0.25) is 0 Å². The first-order chi connectivity index (χ1) is 20.3. The average molecular weight is 581 g/mol. The van der Waals surface area contributed by atoms with Crippen LogP contribution in [0, 0.1) is 11.7 Å². The van der Waals surface area contributed by atoms with Gasteiger partial charge in [0.15, 0.2) is 23.3 Å². The Bertz CT molecular complexity index is 1390. The fourth-order valence-electron chi connectivity index (χ4n) is 5.20. The van der Waals surface area contributed by atoms with Gasteiger partial charge < -0.3 is 25.8 Å². The molecule has 224 valence electrons. The van der Waals surface area contributed by atoms with Crippen molar-refractivity contribution in [2.24, 2.45) is 16.6 Å². The first kappa shape index (κ1) is 30.4. The van der Waals surface area contributed by atoms with E-state index in [-0.39, 0.29) is 29.7 Å². The minimum absolute atomic E-state index is 0.00708. The van der Waals surface area contributed by atoms with Crippen molar-refractivity contribution in [3.05, 3.63) is 53.3 Å². The van der Waals surface area contributed by atoms with E-state index in [4.69, 9.17) is 15.2 Å². The maximum Gasteiger partial charge on any atom is 0.253 e. The summed E-state index contributed by atoms with van der Waals surface area (Å²) in [6, 6.07) is 8.48. The number of aromatic nitrogens is 4. The molecule has 0 radical (unpaired) electrons. The molecule has 1 fully saturated rings. The summed E-state index contributed by atoms with van der Waals surface area (Å²) < 4.78 is 25.0. The summed E-state index contributed by atoms with van der Waals surface area (Å²) in [6.45, 7) is 1.80. The highest BCUT2D eigenvalue weighted by Gasteiger charge is 2.27. The van der Waals surface area contributed by atoms with Crippen LogP contribution in [-0.4, -0.2) is 58.7 Å². The molecule has 1 saturated carbocycles. The topological polar surface area (TPSA) is 170 Å². The number of hydrogen-bond acceptors (Lipinski definition) is 7. The Balaban J connectivity index is 1.45. The average Bonchev–Trinajstić information content (AvgIpc) is 3.52. The van der Waals surface area contributed by atoms with Gasteiger partial charge in [0.1, 0.15) is 11.9 Å². The molecule has 42 heavy (non-hydrogen) atoms. The van der Waals surface area contributed by atoms with Gasteiger partial charge in [-0.25, -0.2) is 9.49 Å². The van der Waals surface area contributed by atoms with Gasteiger partial charge in [-0.15, -0.1) is 5.10 Å². The fraction of sp³-hybridized carbons (Fsp3) is 0.448. The molecule has 3 aromatic rings. The van der Waals surface area contributed by atoms with Crippen molar-refractivity contribution in [1.29, 1.82) is 0 Å². The van der Waals surface area contributed by atoms with E-state index in [2.05, 4.69) is 36.3 Å². The highest BCUT2D eigenvalue weighted by atomic mass is 19.1. The second-order valence-corrected chi connectivity index (χ2v) is 10.4. The van der Waals surface area contributed by atoms with Crippen molar-refractivity contribution >= 4 is 17.8 Å². The van der Waals surface area contributed by atoms with Crippen molar-refractivity contribution in [2.45, 2.75) is 64.0 Å². The molecule has 0 spiro atoms. The molecule has 12 nitrogen and oxygen atoms in total. The number of methoxy groups -OCH3 is 2. The lowest BCUT2D eigenvalue weighted by atomic mass is 9.84. The number of H-pyrrole nitrogens is 1. The number of nitrogens with zero attached hydrogens (tertiary/aromatic N) is 4. The summed E-state index contributed by atoms with van der Waals surface area (Å²) >= 11 is 0. The van der Waals surface area contributed by atoms with Crippen LogP contribution >= 0.6 is 0 Å². The molecular formula is C29H37FN8O4. The lowest BCUT2D eigenvalue weighted by Gasteiger charge is -2.28. The number of aliphatic imine (C=N–C) groups is 1. The molecule has 1 heterocycles. The van der Waals surface area contributed by atoms with Crippen molar-refractivity contribution in [2.75, 3.05) is 14.2 Å². The first-order valence-electron chi connectivity index (χ1n) is 14.0. The third kappa shape index (κ3) is 8.02. The number of amides is 2. The van der Waals surface area contributed by atoms with E-state index in [1.165, 1.54) is 26.7 Å². The number of hydrogen-bond donors (Lipinski definition) is 4. The third-order valence-electron chi connectivity index (χ3n) is 7.43. The Hall–Kier alpha value is -4.55. The van der Waals surface area contributed by atoms with E-state index in [0.717, 1.165) is 25.7 Å². The van der Waals surface area contributed by atoms with E-state index in [9.17, 15) is 14.0 Å². The van der Waals surface area contributed by atoms with Crippen molar-refractivity contribution in [3.8, 4) is 22.9 Å². The minimum Gasteiger partial charge on any atom is -0.493 e. The van der Waals surface area contributed by atoms with E-state index < -0.39 is 23.8 Å². The molecule has 0 saturated heterocycles. The van der Waals surface area contributed by atoms with Gasteiger partial charge in [-0.05, 0) is 65.1 Å². The lowest BCUT2D eigenvalue weighted by Crippen LogP contribution is -2.50. The van der Waals surface area contributed by atoms with Crippen LogP contribution < -0.4 is 25.8 Å². The third-order valence-corrected chi connectivity index (χ3v) is 7.43. The number of nitrogens with two attached hydrogens (primary N) is 1. The van der Waals surface area contributed by atoms with Crippen LogP contribution in [0.15, 0.2) is 41.4 Å². The molecular weight excluding hydrogens is 543 g/mol. The molecule has 0 unspecified atom stereocenters. The molecule has 1 aliphatic rings. The number of ether oxygens (including phenoxy) is 2. The van der Waals surface area contributed by atoms with E-state index in [0.29, 0.717) is 35.0 Å². The zero-order chi connectivity index (χ0) is 30.1. The van der Waals surface area contributed by atoms with Crippen LogP contribution in [0.3, 0.4) is 0 Å². The van der Waals surface area contributed by atoms with Gasteiger partial charge in [0, 0.05) is 0 Å². The predicted molar refractivity (Wildman–Crippen MR) is 154 cm³/mol. The van der Waals surface area contributed by atoms with Gasteiger partial charge in [-0.1, -0.05) is 44.2 Å². The molecule has 13 heteroatoms. The number of rotatable bonds is 11. The van der Waals surface area contributed by atoms with Gasteiger partial charge in [0.05, 0.1) is 32.2 Å². The first-order valence-corrected chi connectivity index (χ1v) is 14.0. The Morgan fingerprint density at radius 1 is 1.10 bits per heavy atom. The van der Waals surface area contributed by atoms with Crippen LogP contribution in [0.25, 0.3) is 11.4 Å². The zero-order valence-corrected chi connectivity index (χ0v) is 24.0. The number of carbonyl (C=O) groups is 2.